The Bertz CT molecular complexity index is 718. The molecule has 0 unspecified atom stereocenters. The van der Waals surface area contributed by atoms with Crippen molar-refractivity contribution in [1.29, 1.82) is 0 Å². The lowest BCUT2D eigenvalue weighted by Gasteiger charge is -2.08. The lowest BCUT2D eigenvalue weighted by atomic mass is 10.2. The molecule has 2 aromatic carbocycles. The van der Waals surface area contributed by atoms with Crippen LogP contribution in [0, 0.1) is 17.0 Å². The molecule has 0 atom stereocenters. The number of aryl methyl sites for hydroxylation is 1. The van der Waals surface area contributed by atoms with Crippen molar-refractivity contribution in [2.75, 3.05) is 11.9 Å². The summed E-state index contributed by atoms with van der Waals surface area (Å²) in [7, 11) is 0. The number of amides is 1. The van der Waals surface area contributed by atoms with Crippen LogP contribution in [0.25, 0.3) is 0 Å². The number of carbonyl (C=O) groups is 1. The molecule has 2 aromatic rings. The third-order valence-corrected chi connectivity index (χ3v) is 3.73. The van der Waals surface area contributed by atoms with Crippen molar-refractivity contribution in [3.8, 4) is 5.75 Å². The minimum Gasteiger partial charge on any atom is -0.484 e. The lowest BCUT2D eigenvalue weighted by Crippen LogP contribution is -2.20. The van der Waals surface area contributed by atoms with Crippen molar-refractivity contribution in [2.24, 2.45) is 0 Å². The minimum atomic E-state index is -0.517. The number of rotatable bonds is 5. The molecule has 0 aromatic heterocycles. The van der Waals surface area contributed by atoms with Gasteiger partial charge >= 0.3 is 0 Å². The first kappa shape index (κ1) is 16.0. The number of nitrogens with one attached hydrogen (secondary N) is 1. The fourth-order valence-corrected chi connectivity index (χ4v) is 2.00. The van der Waals surface area contributed by atoms with E-state index in [-0.39, 0.29) is 18.2 Å². The Kier molecular flexibility index (Phi) is 5.11. The molecule has 0 saturated carbocycles. The molecule has 0 bridgehead atoms. The Morgan fingerprint density at radius 3 is 2.77 bits per heavy atom. The van der Waals surface area contributed by atoms with Crippen LogP contribution in [0.2, 0.25) is 0 Å². The molecular formula is C15H13BrN2O4. The fourth-order valence-electron chi connectivity index (χ4n) is 1.75. The maximum atomic E-state index is 11.8. The number of hydrogen-bond acceptors (Lipinski definition) is 4. The van der Waals surface area contributed by atoms with Crippen LogP contribution in [-0.4, -0.2) is 17.4 Å². The first-order chi connectivity index (χ1) is 10.5. The molecule has 6 nitrogen and oxygen atoms in total. The molecular weight excluding hydrogens is 352 g/mol. The molecule has 114 valence electrons. The van der Waals surface area contributed by atoms with Crippen molar-refractivity contribution < 1.29 is 14.5 Å². The van der Waals surface area contributed by atoms with Crippen LogP contribution in [0.3, 0.4) is 0 Å². The summed E-state index contributed by atoms with van der Waals surface area (Å²) in [6, 6.07) is 11.1. The van der Waals surface area contributed by atoms with Crippen molar-refractivity contribution >= 4 is 33.2 Å². The lowest BCUT2D eigenvalue weighted by molar-refractivity contribution is -0.384. The van der Waals surface area contributed by atoms with E-state index in [4.69, 9.17) is 4.74 Å². The van der Waals surface area contributed by atoms with Crippen molar-refractivity contribution in [1.82, 2.24) is 0 Å². The predicted octanol–water partition coefficient (Wildman–Crippen LogP) is 3.68. The smallest absolute Gasteiger partial charge is 0.271 e. The Hall–Kier alpha value is -2.41. The number of nitro groups is 1. The number of anilines is 1. The van der Waals surface area contributed by atoms with E-state index in [0.29, 0.717) is 11.4 Å². The molecule has 1 amide bonds. The molecule has 0 saturated heterocycles. The van der Waals surface area contributed by atoms with E-state index in [9.17, 15) is 14.9 Å². The highest BCUT2D eigenvalue weighted by molar-refractivity contribution is 9.10. The SMILES string of the molecule is Cc1cc(OCC(=O)Nc2cccc([N+](=O)[O-])c2)ccc1Br. The summed E-state index contributed by atoms with van der Waals surface area (Å²) in [5.41, 5.74) is 1.27. The largest absolute Gasteiger partial charge is 0.484 e. The van der Waals surface area contributed by atoms with Crippen molar-refractivity contribution in [2.45, 2.75) is 6.92 Å². The van der Waals surface area contributed by atoms with Gasteiger partial charge in [0.1, 0.15) is 5.75 Å². The summed E-state index contributed by atoms with van der Waals surface area (Å²) >= 11 is 3.38. The molecule has 1 N–H and O–H groups in total. The van der Waals surface area contributed by atoms with E-state index in [1.54, 1.807) is 12.1 Å². The minimum absolute atomic E-state index is 0.0812. The van der Waals surface area contributed by atoms with Crippen molar-refractivity contribution in [3.05, 3.63) is 62.6 Å². The van der Waals surface area contributed by atoms with Crippen LogP contribution in [0.15, 0.2) is 46.9 Å². The Balaban J connectivity index is 1.94. The van der Waals surface area contributed by atoms with Gasteiger partial charge in [-0.3, -0.25) is 14.9 Å². The first-order valence-electron chi connectivity index (χ1n) is 6.39. The molecule has 0 fully saturated rings. The highest BCUT2D eigenvalue weighted by Crippen LogP contribution is 2.21. The van der Waals surface area contributed by atoms with Gasteiger partial charge in [0.2, 0.25) is 0 Å². The van der Waals surface area contributed by atoms with Gasteiger partial charge in [0.05, 0.1) is 4.92 Å². The number of ether oxygens (including phenoxy) is 1. The summed E-state index contributed by atoms with van der Waals surface area (Å²) in [6.45, 7) is 1.74. The fraction of sp³-hybridized carbons (Fsp3) is 0.133. The third-order valence-electron chi connectivity index (χ3n) is 2.84. The average Bonchev–Trinajstić information content (AvgIpc) is 2.49. The van der Waals surface area contributed by atoms with Gasteiger partial charge in [-0.2, -0.15) is 0 Å². The summed E-state index contributed by atoms with van der Waals surface area (Å²) in [4.78, 5) is 22.0. The number of halogens is 1. The van der Waals surface area contributed by atoms with E-state index in [2.05, 4.69) is 21.2 Å². The van der Waals surface area contributed by atoms with Gasteiger partial charge in [0, 0.05) is 22.3 Å². The topological polar surface area (TPSA) is 81.5 Å². The van der Waals surface area contributed by atoms with Crippen LogP contribution >= 0.6 is 15.9 Å². The third kappa shape index (κ3) is 4.29. The number of carbonyl (C=O) groups excluding carboxylic acids is 1. The van der Waals surface area contributed by atoms with Gasteiger partial charge in [-0.15, -0.1) is 0 Å². The normalized spacial score (nSPS) is 10.1. The molecule has 0 heterocycles. The number of nitro benzene ring substituents is 1. The van der Waals surface area contributed by atoms with E-state index >= 15 is 0 Å². The monoisotopic (exact) mass is 364 g/mol. The number of nitrogens with zero attached hydrogens (tertiary/aromatic N) is 1. The average molecular weight is 365 g/mol. The highest BCUT2D eigenvalue weighted by atomic mass is 79.9. The zero-order valence-corrected chi connectivity index (χ0v) is 13.3. The van der Waals surface area contributed by atoms with Gasteiger partial charge in [0.15, 0.2) is 6.61 Å². The zero-order chi connectivity index (χ0) is 16.1. The maximum Gasteiger partial charge on any atom is 0.271 e. The molecule has 2 rings (SSSR count). The number of non-ortho nitro benzene ring substituents is 1. The second-order valence-electron chi connectivity index (χ2n) is 4.56. The van der Waals surface area contributed by atoms with Gasteiger partial charge < -0.3 is 10.1 Å². The standard InChI is InChI=1S/C15H13BrN2O4/c1-10-7-13(5-6-14(10)16)22-9-15(19)17-11-3-2-4-12(8-11)18(20)21/h2-8H,9H2,1H3,(H,17,19). The summed E-state index contributed by atoms with van der Waals surface area (Å²) in [6.07, 6.45) is 0. The quantitative estimate of drug-likeness (QED) is 0.647. The van der Waals surface area contributed by atoms with Gasteiger partial charge in [-0.05, 0) is 36.8 Å². The van der Waals surface area contributed by atoms with Crippen LogP contribution in [-0.2, 0) is 4.79 Å². The van der Waals surface area contributed by atoms with Crippen LogP contribution in [0.5, 0.6) is 5.75 Å². The van der Waals surface area contributed by atoms with Gasteiger partial charge in [-0.25, -0.2) is 0 Å². The van der Waals surface area contributed by atoms with Crippen LogP contribution in [0.1, 0.15) is 5.56 Å². The summed E-state index contributed by atoms with van der Waals surface area (Å²) < 4.78 is 6.35. The zero-order valence-electron chi connectivity index (χ0n) is 11.7. The van der Waals surface area contributed by atoms with E-state index in [1.807, 2.05) is 19.1 Å². The van der Waals surface area contributed by atoms with Gasteiger partial charge in [0.25, 0.3) is 11.6 Å². The second-order valence-corrected chi connectivity index (χ2v) is 5.41. The maximum absolute atomic E-state index is 11.8. The van der Waals surface area contributed by atoms with Gasteiger partial charge in [-0.1, -0.05) is 22.0 Å². The molecule has 7 heteroatoms. The summed E-state index contributed by atoms with van der Waals surface area (Å²) in [5.74, 6) is 0.191. The second kappa shape index (κ2) is 7.04. The first-order valence-corrected chi connectivity index (χ1v) is 7.18. The molecule has 0 spiro atoms. The van der Waals surface area contributed by atoms with E-state index in [1.165, 1.54) is 18.2 Å². The van der Waals surface area contributed by atoms with E-state index in [0.717, 1.165) is 10.0 Å². The Morgan fingerprint density at radius 2 is 2.09 bits per heavy atom. The summed E-state index contributed by atoms with van der Waals surface area (Å²) in [5, 5.41) is 13.2. The predicted molar refractivity (Wildman–Crippen MR) is 86.1 cm³/mol. The Morgan fingerprint density at radius 1 is 1.32 bits per heavy atom. The molecule has 0 aliphatic heterocycles. The number of benzene rings is 2. The van der Waals surface area contributed by atoms with Crippen LogP contribution in [0.4, 0.5) is 11.4 Å². The molecule has 0 aliphatic rings. The molecule has 0 aliphatic carbocycles. The molecule has 0 radical (unpaired) electrons. The Labute approximate surface area is 135 Å². The molecule has 22 heavy (non-hydrogen) atoms. The number of hydrogen-bond donors (Lipinski definition) is 1. The highest BCUT2D eigenvalue weighted by Gasteiger charge is 2.09. The van der Waals surface area contributed by atoms with Crippen molar-refractivity contribution in [3.63, 3.8) is 0 Å². The van der Waals surface area contributed by atoms with E-state index < -0.39 is 4.92 Å². The van der Waals surface area contributed by atoms with Crippen LogP contribution < -0.4 is 10.1 Å².